The fourth-order valence-corrected chi connectivity index (χ4v) is 3.13. The predicted octanol–water partition coefficient (Wildman–Crippen LogP) is 2.61. The van der Waals surface area contributed by atoms with Crippen molar-refractivity contribution >= 4 is 27.3 Å². The summed E-state index contributed by atoms with van der Waals surface area (Å²) in [7, 11) is -2.34. The highest BCUT2D eigenvalue weighted by molar-refractivity contribution is 7.92. The second-order valence-electron chi connectivity index (χ2n) is 4.30. The molecule has 0 atom stereocenters. The van der Waals surface area contributed by atoms with Gasteiger partial charge in [0.05, 0.1) is 7.11 Å². The minimum atomic E-state index is -3.75. The van der Waals surface area contributed by atoms with Crippen molar-refractivity contribution in [2.24, 2.45) is 5.73 Å². The Morgan fingerprint density at radius 2 is 1.86 bits per heavy atom. The van der Waals surface area contributed by atoms with Gasteiger partial charge in [0.1, 0.15) is 10.6 Å². The Bertz CT molecular complexity index is 730. The molecule has 0 aromatic heterocycles. The molecule has 2 aromatic rings. The van der Waals surface area contributed by atoms with Gasteiger partial charge in [-0.25, -0.2) is 8.42 Å². The standard InChI is InChI=1S/C14H15ClN2O3S/c1-20-13-8-10(9-16)2-7-14(13)21(18,19)17-12-5-3-11(15)4-6-12/h2-8,17H,9,16H2,1H3. The lowest BCUT2D eigenvalue weighted by Gasteiger charge is -2.12. The minimum Gasteiger partial charge on any atom is -0.495 e. The van der Waals surface area contributed by atoms with Crippen LogP contribution in [-0.2, 0) is 16.6 Å². The Kier molecular flexibility index (Phi) is 4.72. The molecule has 0 aliphatic carbocycles. The van der Waals surface area contributed by atoms with Crippen molar-refractivity contribution in [2.45, 2.75) is 11.4 Å². The summed E-state index contributed by atoms with van der Waals surface area (Å²) < 4.78 is 32.4. The summed E-state index contributed by atoms with van der Waals surface area (Å²) in [5.74, 6) is 0.249. The van der Waals surface area contributed by atoms with Crippen LogP contribution in [0.4, 0.5) is 5.69 Å². The highest BCUT2D eigenvalue weighted by Gasteiger charge is 2.19. The average molecular weight is 327 g/mol. The van der Waals surface area contributed by atoms with Crippen LogP contribution in [0.2, 0.25) is 5.02 Å². The van der Waals surface area contributed by atoms with Crippen molar-refractivity contribution in [3.05, 3.63) is 53.1 Å². The molecule has 0 aliphatic heterocycles. The van der Waals surface area contributed by atoms with Crippen molar-refractivity contribution < 1.29 is 13.2 Å². The van der Waals surface area contributed by atoms with Crippen molar-refractivity contribution in [1.82, 2.24) is 0 Å². The number of hydrogen-bond donors (Lipinski definition) is 2. The molecule has 3 N–H and O–H groups in total. The first kappa shape index (κ1) is 15.6. The zero-order chi connectivity index (χ0) is 15.5. The van der Waals surface area contributed by atoms with E-state index in [1.165, 1.54) is 13.2 Å². The molecule has 0 aliphatic rings. The Labute approximate surface area is 128 Å². The van der Waals surface area contributed by atoms with Crippen LogP contribution in [0, 0.1) is 0 Å². The third kappa shape index (κ3) is 3.66. The van der Waals surface area contributed by atoms with Gasteiger partial charge in [0.2, 0.25) is 0 Å². The average Bonchev–Trinajstić information content (AvgIpc) is 2.48. The maximum absolute atomic E-state index is 12.4. The lowest BCUT2D eigenvalue weighted by Crippen LogP contribution is -2.14. The summed E-state index contributed by atoms with van der Waals surface area (Å²) in [4.78, 5) is 0.0529. The fourth-order valence-electron chi connectivity index (χ4n) is 1.79. The van der Waals surface area contributed by atoms with E-state index in [4.69, 9.17) is 22.1 Å². The number of ether oxygens (including phenoxy) is 1. The molecule has 0 amide bonds. The summed E-state index contributed by atoms with van der Waals surface area (Å²) in [5.41, 5.74) is 6.75. The molecule has 0 saturated heterocycles. The van der Waals surface area contributed by atoms with E-state index in [0.717, 1.165) is 5.56 Å². The zero-order valence-corrected chi connectivity index (χ0v) is 12.9. The van der Waals surface area contributed by atoms with E-state index in [0.29, 0.717) is 17.3 Å². The number of halogens is 1. The third-order valence-electron chi connectivity index (χ3n) is 2.85. The van der Waals surface area contributed by atoms with Crippen molar-refractivity contribution in [1.29, 1.82) is 0 Å². The number of rotatable bonds is 5. The molecule has 0 bridgehead atoms. The molecule has 0 unspecified atom stereocenters. The maximum Gasteiger partial charge on any atom is 0.265 e. The summed E-state index contributed by atoms with van der Waals surface area (Å²) in [6.07, 6.45) is 0. The molecule has 0 saturated carbocycles. The number of methoxy groups -OCH3 is 1. The van der Waals surface area contributed by atoms with E-state index < -0.39 is 10.0 Å². The molecule has 7 heteroatoms. The molecule has 112 valence electrons. The Morgan fingerprint density at radius 1 is 1.19 bits per heavy atom. The van der Waals surface area contributed by atoms with Crippen molar-refractivity contribution in [3.63, 3.8) is 0 Å². The highest BCUT2D eigenvalue weighted by Crippen LogP contribution is 2.27. The molecule has 2 aromatic carbocycles. The number of nitrogens with one attached hydrogen (secondary N) is 1. The normalized spacial score (nSPS) is 11.2. The highest BCUT2D eigenvalue weighted by atomic mass is 35.5. The molecule has 21 heavy (non-hydrogen) atoms. The number of benzene rings is 2. The summed E-state index contributed by atoms with van der Waals surface area (Å²) >= 11 is 5.77. The van der Waals surface area contributed by atoms with Crippen LogP contribution in [0.25, 0.3) is 0 Å². The molecule has 5 nitrogen and oxygen atoms in total. The number of hydrogen-bond acceptors (Lipinski definition) is 4. The first-order valence-corrected chi connectivity index (χ1v) is 7.98. The van der Waals surface area contributed by atoms with E-state index in [1.807, 2.05) is 0 Å². The van der Waals surface area contributed by atoms with Gasteiger partial charge in [-0.3, -0.25) is 4.72 Å². The van der Waals surface area contributed by atoms with Gasteiger partial charge < -0.3 is 10.5 Å². The van der Waals surface area contributed by atoms with Gasteiger partial charge in [0, 0.05) is 17.3 Å². The van der Waals surface area contributed by atoms with Crippen molar-refractivity contribution in [2.75, 3.05) is 11.8 Å². The topological polar surface area (TPSA) is 81.4 Å². The maximum atomic E-state index is 12.4. The first-order chi connectivity index (χ1) is 9.96. The molecule has 0 radical (unpaired) electrons. The number of nitrogens with two attached hydrogens (primary N) is 1. The summed E-state index contributed by atoms with van der Waals surface area (Å²) in [5, 5.41) is 0.530. The van der Waals surface area contributed by atoms with E-state index in [2.05, 4.69) is 4.72 Å². The van der Waals surface area contributed by atoms with Crippen LogP contribution >= 0.6 is 11.6 Å². The Balaban J connectivity index is 2.37. The second kappa shape index (κ2) is 6.34. The predicted molar refractivity (Wildman–Crippen MR) is 83.1 cm³/mol. The van der Waals surface area contributed by atoms with Crippen LogP contribution < -0.4 is 15.2 Å². The van der Waals surface area contributed by atoms with Gasteiger partial charge in [0.25, 0.3) is 10.0 Å². The van der Waals surface area contributed by atoms with Crippen molar-refractivity contribution in [3.8, 4) is 5.75 Å². The number of sulfonamides is 1. The SMILES string of the molecule is COc1cc(CN)ccc1S(=O)(=O)Nc1ccc(Cl)cc1. The summed E-state index contributed by atoms with van der Waals surface area (Å²) in [6, 6.07) is 11.1. The van der Waals surface area contributed by atoms with Gasteiger partial charge in [-0.2, -0.15) is 0 Å². The lowest BCUT2D eigenvalue weighted by molar-refractivity contribution is 0.402. The van der Waals surface area contributed by atoms with Gasteiger partial charge in [-0.1, -0.05) is 17.7 Å². The van der Waals surface area contributed by atoms with E-state index in [-0.39, 0.29) is 10.6 Å². The molecule has 2 rings (SSSR count). The number of anilines is 1. The third-order valence-corrected chi connectivity index (χ3v) is 4.52. The van der Waals surface area contributed by atoms with Gasteiger partial charge in [0.15, 0.2) is 0 Å². The minimum absolute atomic E-state index is 0.0529. The van der Waals surface area contributed by atoms with Crippen LogP contribution in [0.1, 0.15) is 5.56 Å². The Morgan fingerprint density at radius 3 is 2.43 bits per heavy atom. The van der Waals surface area contributed by atoms with E-state index in [9.17, 15) is 8.42 Å². The van der Waals surface area contributed by atoms with E-state index >= 15 is 0 Å². The second-order valence-corrected chi connectivity index (χ2v) is 6.39. The van der Waals surface area contributed by atoms with E-state index in [1.54, 1.807) is 36.4 Å². The van der Waals surface area contributed by atoms with Crippen LogP contribution in [0.15, 0.2) is 47.4 Å². The monoisotopic (exact) mass is 326 g/mol. The molecule has 0 fully saturated rings. The quantitative estimate of drug-likeness (QED) is 0.885. The first-order valence-electron chi connectivity index (χ1n) is 6.11. The largest absolute Gasteiger partial charge is 0.495 e. The van der Waals surface area contributed by atoms with Crippen LogP contribution in [0.5, 0.6) is 5.75 Å². The molecular weight excluding hydrogens is 312 g/mol. The summed E-state index contributed by atoms with van der Waals surface area (Å²) in [6.45, 7) is 0.307. The molecular formula is C14H15ClN2O3S. The van der Waals surface area contributed by atoms with Gasteiger partial charge in [-0.15, -0.1) is 0 Å². The van der Waals surface area contributed by atoms with Crippen LogP contribution in [-0.4, -0.2) is 15.5 Å². The van der Waals surface area contributed by atoms with Gasteiger partial charge in [-0.05, 0) is 42.0 Å². The fraction of sp³-hybridized carbons (Fsp3) is 0.143. The van der Waals surface area contributed by atoms with Gasteiger partial charge >= 0.3 is 0 Å². The lowest BCUT2D eigenvalue weighted by atomic mass is 10.2. The molecule has 0 heterocycles. The Hall–Kier alpha value is -1.76. The molecule has 0 spiro atoms. The smallest absolute Gasteiger partial charge is 0.265 e. The van der Waals surface area contributed by atoms with Crippen LogP contribution in [0.3, 0.4) is 0 Å². The zero-order valence-electron chi connectivity index (χ0n) is 11.3.